The molecule has 3 nitrogen and oxygen atoms in total. The SMILES string of the molecule is CCc1occc1C(Br)c1ccc2c(c1)OCCO2. The summed E-state index contributed by atoms with van der Waals surface area (Å²) in [6, 6.07) is 8.05. The lowest BCUT2D eigenvalue weighted by Crippen LogP contribution is -2.15. The quantitative estimate of drug-likeness (QED) is 0.797. The van der Waals surface area contributed by atoms with Gasteiger partial charge in [-0.2, -0.15) is 0 Å². The summed E-state index contributed by atoms with van der Waals surface area (Å²) in [7, 11) is 0. The highest BCUT2D eigenvalue weighted by molar-refractivity contribution is 9.09. The molecule has 19 heavy (non-hydrogen) atoms. The van der Waals surface area contributed by atoms with Gasteiger partial charge in [0.1, 0.15) is 19.0 Å². The fraction of sp³-hybridized carbons (Fsp3) is 0.333. The van der Waals surface area contributed by atoms with E-state index < -0.39 is 0 Å². The molecule has 0 bridgehead atoms. The minimum absolute atomic E-state index is 0.108. The predicted octanol–water partition coefficient (Wildman–Crippen LogP) is 4.10. The summed E-state index contributed by atoms with van der Waals surface area (Å²) >= 11 is 3.74. The first-order valence-electron chi connectivity index (χ1n) is 6.39. The number of aryl methyl sites for hydroxylation is 1. The molecule has 0 aliphatic carbocycles. The number of halogens is 1. The van der Waals surface area contributed by atoms with E-state index in [1.54, 1.807) is 6.26 Å². The van der Waals surface area contributed by atoms with Crippen LogP contribution in [0.2, 0.25) is 0 Å². The lowest BCUT2D eigenvalue weighted by molar-refractivity contribution is 0.171. The number of rotatable bonds is 3. The maximum Gasteiger partial charge on any atom is 0.161 e. The Morgan fingerprint density at radius 2 is 1.95 bits per heavy atom. The van der Waals surface area contributed by atoms with Gasteiger partial charge in [0.25, 0.3) is 0 Å². The van der Waals surface area contributed by atoms with E-state index in [-0.39, 0.29) is 4.83 Å². The van der Waals surface area contributed by atoms with Crippen molar-refractivity contribution < 1.29 is 13.9 Å². The topological polar surface area (TPSA) is 31.6 Å². The van der Waals surface area contributed by atoms with Crippen molar-refractivity contribution in [3.05, 3.63) is 47.4 Å². The van der Waals surface area contributed by atoms with Gasteiger partial charge in [-0.25, -0.2) is 0 Å². The molecule has 4 heteroatoms. The molecule has 1 aliphatic rings. The standard InChI is InChI=1S/C15H15BrO3/c1-2-12-11(5-6-17-12)15(16)10-3-4-13-14(9-10)19-8-7-18-13/h3-6,9,15H,2,7-8H2,1H3. The molecule has 1 aliphatic heterocycles. The number of hydrogen-bond acceptors (Lipinski definition) is 3. The fourth-order valence-corrected chi connectivity index (χ4v) is 2.95. The highest BCUT2D eigenvalue weighted by Gasteiger charge is 2.19. The molecule has 1 unspecified atom stereocenters. The fourth-order valence-electron chi connectivity index (χ4n) is 2.26. The van der Waals surface area contributed by atoms with Gasteiger partial charge in [-0.05, 0) is 23.8 Å². The van der Waals surface area contributed by atoms with Crippen molar-refractivity contribution >= 4 is 15.9 Å². The zero-order valence-corrected chi connectivity index (χ0v) is 12.3. The van der Waals surface area contributed by atoms with Gasteiger partial charge >= 0.3 is 0 Å². The van der Waals surface area contributed by atoms with Crippen LogP contribution in [0.15, 0.2) is 34.9 Å². The lowest BCUT2D eigenvalue weighted by atomic mass is 10.0. The van der Waals surface area contributed by atoms with Crippen LogP contribution in [0.1, 0.15) is 28.6 Å². The number of hydrogen-bond donors (Lipinski definition) is 0. The van der Waals surface area contributed by atoms with Crippen molar-refractivity contribution in [3.8, 4) is 11.5 Å². The van der Waals surface area contributed by atoms with Gasteiger partial charge < -0.3 is 13.9 Å². The first kappa shape index (κ1) is 12.6. The number of ether oxygens (including phenoxy) is 2. The highest BCUT2D eigenvalue weighted by atomic mass is 79.9. The zero-order chi connectivity index (χ0) is 13.2. The van der Waals surface area contributed by atoms with Gasteiger partial charge in [0.05, 0.1) is 11.1 Å². The van der Waals surface area contributed by atoms with Crippen molar-refractivity contribution in [1.29, 1.82) is 0 Å². The Balaban J connectivity index is 1.93. The van der Waals surface area contributed by atoms with E-state index in [9.17, 15) is 0 Å². The molecule has 1 aromatic carbocycles. The lowest BCUT2D eigenvalue weighted by Gasteiger charge is -2.20. The second-order valence-corrected chi connectivity index (χ2v) is 5.33. The predicted molar refractivity (Wildman–Crippen MR) is 76.3 cm³/mol. The van der Waals surface area contributed by atoms with E-state index in [1.165, 1.54) is 5.56 Å². The molecule has 0 N–H and O–H groups in total. The van der Waals surface area contributed by atoms with Crippen LogP contribution >= 0.6 is 15.9 Å². The summed E-state index contributed by atoms with van der Waals surface area (Å²) in [4.78, 5) is 0.108. The molecule has 2 aromatic rings. The number of fused-ring (bicyclic) bond motifs is 1. The molecule has 1 aromatic heterocycles. The van der Waals surface area contributed by atoms with Gasteiger partial charge in [0.2, 0.25) is 0 Å². The summed E-state index contributed by atoms with van der Waals surface area (Å²) in [6.07, 6.45) is 2.62. The molecule has 2 heterocycles. The number of furan rings is 1. The van der Waals surface area contributed by atoms with Crippen LogP contribution < -0.4 is 9.47 Å². The van der Waals surface area contributed by atoms with Crippen LogP contribution in [-0.2, 0) is 6.42 Å². The van der Waals surface area contributed by atoms with Crippen LogP contribution in [0.4, 0.5) is 0 Å². The smallest absolute Gasteiger partial charge is 0.161 e. The third-order valence-corrected chi connectivity index (χ3v) is 4.25. The minimum atomic E-state index is 0.108. The Hall–Kier alpha value is -1.42. The Bertz CT molecular complexity index is 577. The molecule has 0 saturated heterocycles. The average molecular weight is 323 g/mol. The van der Waals surface area contributed by atoms with Crippen LogP contribution in [0.3, 0.4) is 0 Å². The zero-order valence-electron chi connectivity index (χ0n) is 10.7. The summed E-state index contributed by atoms with van der Waals surface area (Å²) < 4.78 is 16.6. The maximum atomic E-state index is 5.62. The van der Waals surface area contributed by atoms with E-state index >= 15 is 0 Å². The number of alkyl halides is 1. The largest absolute Gasteiger partial charge is 0.486 e. The van der Waals surface area contributed by atoms with E-state index in [2.05, 4.69) is 28.9 Å². The van der Waals surface area contributed by atoms with Crippen LogP contribution in [0.5, 0.6) is 11.5 Å². The molecule has 0 amide bonds. The maximum absolute atomic E-state index is 5.62. The van der Waals surface area contributed by atoms with Crippen LogP contribution in [-0.4, -0.2) is 13.2 Å². The molecule has 0 fully saturated rings. The highest BCUT2D eigenvalue weighted by Crippen LogP contribution is 2.39. The van der Waals surface area contributed by atoms with E-state index in [0.717, 1.165) is 29.2 Å². The second kappa shape index (κ2) is 5.29. The summed E-state index contributed by atoms with van der Waals surface area (Å²) in [5.41, 5.74) is 2.31. The van der Waals surface area contributed by atoms with Crippen molar-refractivity contribution in [2.24, 2.45) is 0 Å². The van der Waals surface area contributed by atoms with Gasteiger partial charge in [0.15, 0.2) is 11.5 Å². The molecule has 100 valence electrons. The second-order valence-electron chi connectivity index (χ2n) is 4.42. The summed E-state index contributed by atoms with van der Waals surface area (Å²) in [5.74, 6) is 2.64. The van der Waals surface area contributed by atoms with E-state index in [4.69, 9.17) is 13.9 Å². The van der Waals surface area contributed by atoms with Crippen molar-refractivity contribution in [3.63, 3.8) is 0 Å². The van der Waals surface area contributed by atoms with Gasteiger partial charge in [-0.3, -0.25) is 0 Å². The van der Waals surface area contributed by atoms with Gasteiger partial charge in [-0.1, -0.05) is 28.9 Å². The first-order valence-corrected chi connectivity index (χ1v) is 7.31. The monoisotopic (exact) mass is 322 g/mol. The molecular formula is C15H15BrO3. The molecule has 1 atom stereocenters. The van der Waals surface area contributed by atoms with Crippen molar-refractivity contribution in [2.45, 2.75) is 18.2 Å². The van der Waals surface area contributed by atoms with Crippen molar-refractivity contribution in [1.82, 2.24) is 0 Å². The molecular weight excluding hydrogens is 308 g/mol. The van der Waals surface area contributed by atoms with Gasteiger partial charge in [0, 0.05) is 12.0 Å². The average Bonchev–Trinajstić information content (AvgIpc) is 2.94. The summed E-state index contributed by atoms with van der Waals surface area (Å²) in [6.45, 7) is 3.31. The molecule has 0 radical (unpaired) electrons. The Morgan fingerprint density at radius 3 is 2.74 bits per heavy atom. The third kappa shape index (κ3) is 2.37. The Kier molecular flexibility index (Phi) is 3.51. The van der Waals surface area contributed by atoms with Gasteiger partial charge in [-0.15, -0.1) is 0 Å². The Labute approximate surface area is 120 Å². The molecule has 3 rings (SSSR count). The molecule has 0 spiro atoms. The van der Waals surface area contributed by atoms with E-state index in [0.29, 0.717) is 13.2 Å². The van der Waals surface area contributed by atoms with E-state index in [1.807, 2.05) is 18.2 Å². The van der Waals surface area contributed by atoms with Crippen molar-refractivity contribution in [2.75, 3.05) is 13.2 Å². The first-order chi connectivity index (χ1) is 9.29. The van der Waals surface area contributed by atoms with Crippen LogP contribution in [0, 0.1) is 0 Å². The minimum Gasteiger partial charge on any atom is -0.486 e. The summed E-state index contributed by atoms with van der Waals surface area (Å²) in [5, 5.41) is 0. The normalized spacial score (nSPS) is 15.3. The third-order valence-electron chi connectivity index (χ3n) is 3.23. The molecule has 0 saturated carbocycles. The number of benzene rings is 1. The van der Waals surface area contributed by atoms with Crippen LogP contribution in [0.25, 0.3) is 0 Å². The Morgan fingerprint density at radius 1 is 1.16 bits per heavy atom.